The van der Waals surface area contributed by atoms with Gasteiger partial charge in [-0.25, -0.2) is 0 Å². The van der Waals surface area contributed by atoms with Crippen LogP contribution < -0.4 is 16.0 Å². The molecular weight excluding hydrogens is 463 g/mol. The summed E-state index contributed by atoms with van der Waals surface area (Å²) in [5, 5.41) is 9.59. The zero-order valence-corrected chi connectivity index (χ0v) is 19.4. The van der Waals surface area contributed by atoms with Gasteiger partial charge in [0, 0.05) is 31.7 Å². The van der Waals surface area contributed by atoms with Gasteiger partial charge < -0.3 is 16.0 Å². The van der Waals surface area contributed by atoms with Crippen LogP contribution in [0.4, 0.5) is 0 Å². The molecule has 2 aromatic carbocycles. The zero-order valence-electron chi connectivity index (χ0n) is 17.1. The second-order valence-corrected chi connectivity index (χ2v) is 6.75. The molecule has 0 aliphatic carbocycles. The molecule has 0 aromatic heterocycles. The number of rotatable bonds is 7. The summed E-state index contributed by atoms with van der Waals surface area (Å²) in [4.78, 5) is 16.4. The van der Waals surface area contributed by atoms with E-state index < -0.39 is 0 Å². The summed E-state index contributed by atoms with van der Waals surface area (Å²) in [6, 6.07) is 16.2. The van der Waals surface area contributed by atoms with Crippen molar-refractivity contribution in [2.24, 2.45) is 4.99 Å². The molecule has 0 bridgehead atoms. The molecule has 3 N–H and O–H groups in total. The van der Waals surface area contributed by atoms with Crippen LogP contribution in [0.2, 0.25) is 0 Å². The normalized spacial score (nSPS) is 11.9. The van der Waals surface area contributed by atoms with Crippen LogP contribution in [0.3, 0.4) is 0 Å². The van der Waals surface area contributed by atoms with Crippen LogP contribution in [0.1, 0.15) is 47.3 Å². The number of amides is 1. The van der Waals surface area contributed by atoms with E-state index in [1.807, 2.05) is 31.2 Å². The molecule has 2 aromatic rings. The minimum absolute atomic E-state index is 0. The van der Waals surface area contributed by atoms with Crippen molar-refractivity contribution in [2.75, 3.05) is 7.05 Å². The highest BCUT2D eigenvalue weighted by Gasteiger charge is 2.08. The van der Waals surface area contributed by atoms with Crippen molar-refractivity contribution in [2.45, 2.75) is 46.3 Å². The molecule has 152 valence electrons. The number of hydrogen-bond acceptors (Lipinski definition) is 2. The third-order valence-electron chi connectivity index (χ3n) is 4.43. The first-order valence-electron chi connectivity index (χ1n) is 9.41. The molecule has 0 heterocycles. The highest BCUT2D eigenvalue weighted by molar-refractivity contribution is 14.0. The quantitative estimate of drug-likeness (QED) is 0.310. The minimum atomic E-state index is -0.0282. The monoisotopic (exact) mass is 494 g/mol. The minimum Gasteiger partial charge on any atom is -0.352 e. The fraction of sp³-hybridized carbons (Fsp3) is 0.364. The molecule has 0 radical (unpaired) electrons. The van der Waals surface area contributed by atoms with Gasteiger partial charge in [0.15, 0.2) is 5.96 Å². The number of hydrogen-bond donors (Lipinski definition) is 3. The third-order valence-corrected chi connectivity index (χ3v) is 4.43. The molecule has 6 heteroatoms. The van der Waals surface area contributed by atoms with Gasteiger partial charge in [-0.2, -0.15) is 0 Å². The summed E-state index contributed by atoms with van der Waals surface area (Å²) >= 11 is 0. The van der Waals surface area contributed by atoms with Gasteiger partial charge in [0.1, 0.15) is 0 Å². The first kappa shape index (κ1) is 23.9. The maximum absolute atomic E-state index is 12.1. The van der Waals surface area contributed by atoms with E-state index in [-0.39, 0.29) is 35.9 Å². The van der Waals surface area contributed by atoms with Gasteiger partial charge in [0.05, 0.1) is 0 Å². The van der Waals surface area contributed by atoms with Crippen molar-refractivity contribution in [3.05, 3.63) is 70.8 Å². The standard InChI is InChI=1S/C22H30N4O.HI/c1-5-17(3)26-21(27)20-11-9-18(10-12-20)14-24-22(23-4)25-15-19-8-6-7-16(2)13-19;/h6-13,17H,5,14-15H2,1-4H3,(H,26,27)(H2,23,24,25);1H. The summed E-state index contributed by atoms with van der Waals surface area (Å²) in [6.07, 6.45) is 0.919. The average molecular weight is 494 g/mol. The van der Waals surface area contributed by atoms with E-state index in [0.29, 0.717) is 12.1 Å². The van der Waals surface area contributed by atoms with Crippen LogP contribution in [0, 0.1) is 6.92 Å². The van der Waals surface area contributed by atoms with E-state index in [4.69, 9.17) is 0 Å². The number of guanidine groups is 1. The number of halogens is 1. The van der Waals surface area contributed by atoms with Crippen molar-refractivity contribution in [3.63, 3.8) is 0 Å². The van der Waals surface area contributed by atoms with Gasteiger partial charge in [-0.3, -0.25) is 9.79 Å². The summed E-state index contributed by atoms with van der Waals surface area (Å²) in [6.45, 7) is 7.51. The van der Waals surface area contributed by atoms with E-state index in [0.717, 1.165) is 24.5 Å². The lowest BCUT2D eigenvalue weighted by molar-refractivity contribution is 0.0939. The summed E-state index contributed by atoms with van der Waals surface area (Å²) < 4.78 is 0. The van der Waals surface area contributed by atoms with E-state index in [9.17, 15) is 4.79 Å². The lowest BCUT2D eigenvalue weighted by atomic mass is 10.1. The van der Waals surface area contributed by atoms with Crippen molar-refractivity contribution in [1.82, 2.24) is 16.0 Å². The average Bonchev–Trinajstić information content (AvgIpc) is 2.68. The molecule has 1 amide bonds. The van der Waals surface area contributed by atoms with Gasteiger partial charge in [-0.15, -0.1) is 24.0 Å². The second kappa shape index (κ2) is 12.4. The molecule has 1 atom stereocenters. The number of benzene rings is 2. The van der Waals surface area contributed by atoms with Crippen molar-refractivity contribution < 1.29 is 4.79 Å². The number of nitrogens with one attached hydrogen (secondary N) is 3. The Labute approximate surface area is 185 Å². The first-order chi connectivity index (χ1) is 13.0. The predicted octanol–water partition coefficient (Wildman–Crippen LogP) is 4.01. The van der Waals surface area contributed by atoms with Gasteiger partial charge in [0.2, 0.25) is 0 Å². The van der Waals surface area contributed by atoms with E-state index in [2.05, 4.69) is 59.1 Å². The summed E-state index contributed by atoms with van der Waals surface area (Å²) in [5.41, 5.74) is 4.24. The summed E-state index contributed by atoms with van der Waals surface area (Å²) in [5.74, 6) is 0.717. The zero-order chi connectivity index (χ0) is 19.6. The lowest BCUT2D eigenvalue weighted by Gasteiger charge is -2.13. The molecule has 5 nitrogen and oxygen atoms in total. The SMILES string of the molecule is CCC(C)NC(=O)c1ccc(CNC(=NC)NCc2cccc(C)c2)cc1.I. The van der Waals surface area contributed by atoms with E-state index in [1.165, 1.54) is 11.1 Å². The molecule has 1 unspecified atom stereocenters. The summed E-state index contributed by atoms with van der Waals surface area (Å²) in [7, 11) is 1.76. The van der Waals surface area contributed by atoms with Crippen LogP contribution in [0.25, 0.3) is 0 Å². The number of nitrogens with zero attached hydrogens (tertiary/aromatic N) is 1. The Balaban J connectivity index is 0.00000392. The van der Waals surface area contributed by atoms with E-state index >= 15 is 0 Å². The molecular formula is C22H31IN4O. The molecule has 0 fully saturated rings. The topological polar surface area (TPSA) is 65.5 Å². The Morgan fingerprint density at radius 3 is 2.25 bits per heavy atom. The van der Waals surface area contributed by atoms with Gasteiger partial charge >= 0.3 is 0 Å². The largest absolute Gasteiger partial charge is 0.352 e. The van der Waals surface area contributed by atoms with Crippen LogP contribution in [0.5, 0.6) is 0 Å². The molecule has 0 aliphatic heterocycles. The smallest absolute Gasteiger partial charge is 0.251 e. The molecule has 2 rings (SSSR count). The van der Waals surface area contributed by atoms with Crippen LogP contribution in [-0.2, 0) is 13.1 Å². The van der Waals surface area contributed by atoms with Gasteiger partial charge in [0.25, 0.3) is 5.91 Å². The van der Waals surface area contributed by atoms with Crippen LogP contribution in [0.15, 0.2) is 53.5 Å². The molecule has 0 saturated heterocycles. The lowest BCUT2D eigenvalue weighted by Crippen LogP contribution is -2.36. The fourth-order valence-electron chi connectivity index (χ4n) is 2.60. The van der Waals surface area contributed by atoms with Gasteiger partial charge in [-0.1, -0.05) is 48.9 Å². The molecule has 0 spiro atoms. The van der Waals surface area contributed by atoms with Crippen LogP contribution >= 0.6 is 24.0 Å². The first-order valence-corrected chi connectivity index (χ1v) is 9.41. The maximum atomic E-state index is 12.1. The number of carbonyl (C=O) groups excluding carboxylic acids is 1. The Kier molecular flexibility index (Phi) is 10.6. The van der Waals surface area contributed by atoms with Crippen LogP contribution in [-0.4, -0.2) is 25.0 Å². The highest BCUT2D eigenvalue weighted by Crippen LogP contribution is 2.06. The Hall–Kier alpha value is -2.09. The highest BCUT2D eigenvalue weighted by atomic mass is 127. The molecule has 0 saturated carbocycles. The van der Waals surface area contributed by atoms with Crippen molar-refractivity contribution in [3.8, 4) is 0 Å². The number of carbonyl (C=O) groups is 1. The number of aliphatic imine (C=N–C) groups is 1. The Morgan fingerprint density at radius 2 is 1.68 bits per heavy atom. The predicted molar refractivity (Wildman–Crippen MR) is 127 cm³/mol. The Morgan fingerprint density at radius 1 is 1.04 bits per heavy atom. The van der Waals surface area contributed by atoms with Gasteiger partial charge in [-0.05, 0) is 43.5 Å². The maximum Gasteiger partial charge on any atom is 0.251 e. The van der Waals surface area contributed by atoms with E-state index in [1.54, 1.807) is 7.05 Å². The number of aryl methyl sites for hydroxylation is 1. The third kappa shape index (κ3) is 7.88. The fourth-order valence-corrected chi connectivity index (χ4v) is 2.60. The molecule has 0 aliphatic rings. The van der Waals surface area contributed by atoms with Crippen molar-refractivity contribution in [1.29, 1.82) is 0 Å². The molecule has 28 heavy (non-hydrogen) atoms. The second-order valence-electron chi connectivity index (χ2n) is 6.75. The Bertz CT molecular complexity index is 774. The van der Waals surface area contributed by atoms with Crippen molar-refractivity contribution >= 4 is 35.8 Å².